The molecular formula is C13H20BrClN2O. The third kappa shape index (κ3) is 3.68. The molecule has 1 aliphatic rings. The van der Waals surface area contributed by atoms with Gasteiger partial charge in [0.05, 0.1) is 12.7 Å². The maximum absolute atomic E-state index is 5.67. The van der Waals surface area contributed by atoms with E-state index in [1.807, 2.05) is 6.07 Å². The summed E-state index contributed by atoms with van der Waals surface area (Å²) in [6.45, 7) is 5.49. The van der Waals surface area contributed by atoms with E-state index in [1.165, 1.54) is 10.0 Å². The van der Waals surface area contributed by atoms with Crippen molar-refractivity contribution in [3.63, 3.8) is 0 Å². The predicted molar refractivity (Wildman–Crippen MR) is 80.2 cm³/mol. The number of morpholine rings is 1. The van der Waals surface area contributed by atoms with Gasteiger partial charge in [0.15, 0.2) is 0 Å². The highest BCUT2D eigenvalue weighted by atomic mass is 79.9. The van der Waals surface area contributed by atoms with E-state index in [0.29, 0.717) is 12.6 Å². The molecule has 2 rings (SSSR count). The first-order valence-electron chi connectivity index (χ1n) is 6.02. The Morgan fingerprint density at radius 2 is 2.22 bits per heavy atom. The van der Waals surface area contributed by atoms with Crippen molar-refractivity contribution in [3.05, 3.63) is 34.3 Å². The first-order chi connectivity index (χ1) is 8.22. The molecule has 102 valence electrons. The Bertz CT molecular complexity index is 378. The molecule has 0 aromatic heterocycles. The molecule has 1 saturated heterocycles. The van der Waals surface area contributed by atoms with Gasteiger partial charge in [-0.05, 0) is 18.6 Å². The molecule has 0 saturated carbocycles. The molecule has 0 amide bonds. The summed E-state index contributed by atoms with van der Waals surface area (Å²) in [5, 5.41) is 0. The summed E-state index contributed by atoms with van der Waals surface area (Å²) in [6, 6.07) is 8.78. The minimum Gasteiger partial charge on any atom is -0.374 e. The summed E-state index contributed by atoms with van der Waals surface area (Å²) >= 11 is 3.61. The summed E-state index contributed by atoms with van der Waals surface area (Å²) in [4.78, 5) is 2.43. The molecule has 1 aliphatic heterocycles. The van der Waals surface area contributed by atoms with Crippen LogP contribution in [0.25, 0.3) is 0 Å². The van der Waals surface area contributed by atoms with Gasteiger partial charge in [-0.15, -0.1) is 12.4 Å². The second-order valence-electron chi connectivity index (χ2n) is 4.42. The Balaban J connectivity index is 0.00000162. The molecule has 3 nitrogen and oxygen atoms in total. The molecule has 2 unspecified atom stereocenters. The van der Waals surface area contributed by atoms with Gasteiger partial charge in [0, 0.05) is 30.1 Å². The summed E-state index contributed by atoms with van der Waals surface area (Å²) in [7, 11) is 0. The predicted octanol–water partition coefficient (Wildman–Crippen LogP) is 2.59. The van der Waals surface area contributed by atoms with Crippen molar-refractivity contribution in [2.45, 2.75) is 19.1 Å². The molecule has 1 aromatic carbocycles. The number of hydrogen-bond acceptors (Lipinski definition) is 3. The van der Waals surface area contributed by atoms with Crippen molar-refractivity contribution in [1.82, 2.24) is 4.90 Å². The van der Waals surface area contributed by atoms with E-state index >= 15 is 0 Å². The SMILES string of the molecule is CC(c1ccccc1Br)N1CCOC(CN)C1.Cl. The lowest BCUT2D eigenvalue weighted by Gasteiger charge is -2.36. The smallest absolute Gasteiger partial charge is 0.0824 e. The van der Waals surface area contributed by atoms with Gasteiger partial charge in [-0.25, -0.2) is 0 Å². The van der Waals surface area contributed by atoms with Gasteiger partial charge >= 0.3 is 0 Å². The molecule has 0 bridgehead atoms. The number of rotatable bonds is 3. The van der Waals surface area contributed by atoms with Crippen LogP contribution in [0.3, 0.4) is 0 Å². The van der Waals surface area contributed by atoms with Gasteiger partial charge in [0.1, 0.15) is 0 Å². The van der Waals surface area contributed by atoms with E-state index < -0.39 is 0 Å². The molecule has 1 aromatic rings. The van der Waals surface area contributed by atoms with Gasteiger partial charge in [0.25, 0.3) is 0 Å². The Morgan fingerprint density at radius 3 is 2.89 bits per heavy atom. The zero-order chi connectivity index (χ0) is 12.3. The highest BCUT2D eigenvalue weighted by Crippen LogP contribution is 2.28. The van der Waals surface area contributed by atoms with E-state index in [1.54, 1.807) is 0 Å². The summed E-state index contributed by atoms with van der Waals surface area (Å²) in [6.07, 6.45) is 0.175. The molecule has 1 fully saturated rings. The van der Waals surface area contributed by atoms with Gasteiger partial charge in [-0.1, -0.05) is 34.1 Å². The zero-order valence-electron chi connectivity index (χ0n) is 10.5. The lowest BCUT2D eigenvalue weighted by molar-refractivity contribution is -0.0365. The largest absolute Gasteiger partial charge is 0.374 e. The fourth-order valence-corrected chi connectivity index (χ4v) is 2.86. The fraction of sp³-hybridized carbons (Fsp3) is 0.538. The van der Waals surface area contributed by atoms with Crippen molar-refractivity contribution < 1.29 is 4.74 Å². The monoisotopic (exact) mass is 334 g/mol. The Morgan fingerprint density at radius 1 is 1.50 bits per heavy atom. The first kappa shape index (κ1) is 15.9. The third-order valence-corrected chi connectivity index (χ3v) is 4.06. The van der Waals surface area contributed by atoms with Crippen LogP contribution in [-0.4, -0.2) is 37.2 Å². The van der Waals surface area contributed by atoms with Crippen LogP contribution in [0.1, 0.15) is 18.5 Å². The van der Waals surface area contributed by atoms with Crippen molar-refractivity contribution in [3.8, 4) is 0 Å². The Kier molecular flexibility index (Phi) is 6.60. The van der Waals surface area contributed by atoms with Crippen LogP contribution in [0, 0.1) is 0 Å². The van der Waals surface area contributed by atoms with Crippen LogP contribution in [-0.2, 0) is 4.74 Å². The molecule has 18 heavy (non-hydrogen) atoms. The number of ether oxygens (including phenoxy) is 1. The quantitative estimate of drug-likeness (QED) is 0.923. The van der Waals surface area contributed by atoms with Crippen LogP contribution in [0.5, 0.6) is 0 Å². The average Bonchev–Trinajstić information content (AvgIpc) is 2.38. The number of halogens is 2. The molecule has 2 N–H and O–H groups in total. The number of hydrogen-bond donors (Lipinski definition) is 1. The summed E-state index contributed by atoms with van der Waals surface area (Å²) in [5.74, 6) is 0. The minimum absolute atomic E-state index is 0. The Hall–Kier alpha value is -0.130. The molecule has 0 spiro atoms. The molecule has 5 heteroatoms. The second kappa shape index (κ2) is 7.46. The highest BCUT2D eigenvalue weighted by Gasteiger charge is 2.24. The van der Waals surface area contributed by atoms with Crippen LogP contribution in [0.15, 0.2) is 28.7 Å². The van der Waals surface area contributed by atoms with Gasteiger partial charge in [-0.2, -0.15) is 0 Å². The fourth-order valence-electron chi connectivity index (χ4n) is 2.25. The Labute approximate surface area is 123 Å². The van der Waals surface area contributed by atoms with Crippen LogP contribution in [0.2, 0.25) is 0 Å². The number of benzene rings is 1. The maximum atomic E-state index is 5.67. The topological polar surface area (TPSA) is 38.5 Å². The van der Waals surface area contributed by atoms with Crippen LogP contribution < -0.4 is 5.73 Å². The van der Waals surface area contributed by atoms with Gasteiger partial charge in [-0.3, -0.25) is 4.90 Å². The van der Waals surface area contributed by atoms with Crippen molar-refractivity contribution in [2.75, 3.05) is 26.2 Å². The van der Waals surface area contributed by atoms with Crippen LogP contribution in [0.4, 0.5) is 0 Å². The van der Waals surface area contributed by atoms with Crippen molar-refractivity contribution >= 4 is 28.3 Å². The molecular weight excluding hydrogens is 316 g/mol. The average molecular weight is 336 g/mol. The third-order valence-electron chi connectivity index (χ3n) is 3.34. The van der Waals surface area contributed by atoms with Crippen LogP contribution >= 0.6 is 28.3 Å². The van der Waals surface area contributed by atoms with E-state index in [9.17, 15) is 0 Å². The standard InChI is InChI=1S/C13H19BrN2O.ClH/c1-10(12-4-2-3-5-13(12)14)16-6-7-17-11(8-15)9-16;/h2-5,10-11H,6-9,15H2,1H3;1H. The first-order valence-corrected chi connectivity index (χ1v) is 6.82. The lowest BCUT2D eigenvalue weighted by Crippen LogP contribution is -2.46. The normalized spacial score (nSPS) is 22.3. The van der Waals surface area contributed by atoms with E-state index in [4.69, 9.17) is 10.5 Å². The summed E-state index contributed by atoms with van der Waals surface area (Å²) < 4.78 is 6.76. The van der Waals surface area contributed by atoms with E-state index in [-0.39, 0.29) is 18.5 Å². The molecule has 0 radical (unpaired) electrons. The minimum atomic E-state index is 0. The maximum Gasteiger partial charge on any atom is 0.0824 e. The van der Waals surface area contributed by atoms with E-state index in [2.05, 4.69) is 46.0 Å². The van der Waals surface area contributed by atoms with Crippen molar-refractivity contribution in [2.24, 2.45) is 5.73 Å². The number of nitrogens with zero attached hydrogens (tertiary/aromatic N) is 1. The molecule has 1 heterocycles. The van der Waals surface area contributed by atoms with Crippen molar-refractivity contribution in [1.29, 1.82) is 0 Å². The molecule has 2 atom stereocenters. The zero-order valence-corrected chi connectivity index (χ0v) is 12.9. The van der Waals surface area contributed by atoms with Gasteiger partial charge in [0.2, 0.25) is 0 Å². The lowest BCUT2D eigenvalue weighted by atomic mass is 10.1. The van der Waals surface area contributed by atoms with Gasteiger partial charge < -0.3 is 10.5 Å². The summed E-state index contributed by atoms with van der Waals surface area (Å²) in [5.41, 5.74) is 7.00. The second-order valence-corrected chi connectivity index (χ2v) is 5.28. The number of nitrogens with two attached hydrogens (primary N) is 1. The van der Waals surface area contributed by atoms with E-state index in [0.717, 1.165) is 19.7 Å². The highest BCUT2D eigenvalue weighted by molar-refractivity contribution is 9.10. The molecule has 0 aliphatic carbocycles.